The first-order chi connectivity index (χ1) is 9.54. The summed E-state index contributed by atoms with van der Waals surface area (Å²) in [6.45, 7) is 5.96. The van der Waals surface area contributed by atoms with E-state index in [-0.39, 0.29) is 11.3 Å². The van der Waals surface area contributed by atoms with E-state index < -0.39 is 0 Å². The number of nitrogens with one attached hydrogen (secondary N) is 1. The Morgan fingerprint density at radius 1 is 1.00 bits per heavy atom. The fourth-order valence-electron chi connectivity index (χ4n) is 1.91. The molecule has 2 heteroatoms. The van der Waals surface area contributed by atoms with Gasteiger partial charge >= 0.3 is 0 Å². The zero-order valence-electron chi connectivity index (χ0n) is 12.3. The van der Waals surface area contributed by atoms with Crippen LogP contribution < -0.4 is 5.32 Å². The topological polar surface area (TPSA) is 29.1 Å². The smallest absolute Gasteiger partial charge is 0.230 e. The Kier molecular flexibility index (Phi) is 4.23. The second kappa shape index (κ2) is 5.91. The van der Waals surface area contributed by atoms with Gasteiger partial charge in [-0.1, -0.05) is 69.3 Å². The van der Waals surface area contributed by atoms with Gasteiger partial charge in [0.1, 0.15) is 0 Å². The summed E-state index contributed by atoms with van der Waals surface area (Å²) >= 11 is 0. The molecule has 0 unspecified atom stereocenters. The first kappa shape index (κ1) is 14.3. The zero-order valence-corrected chi connectivity index (χ0v) is 12.3. The molecule has 20 heavy (non-hydrogen) atoms. The molecule has 0 atom stereocenters. The zero-order chi connectivity index (χ0) is 14.6. The molecule has 0 radical (unpaired) electrons. The van der Waals surface area contributed by atoms with Crippen LogP contribution in [0.15, 0.2) is 54.6 Å². The largest absolute Gasteiger partial charge is 0.325 e. The van der Waals surface area contributed by atoms with Crippen LogP contribution in [-0.2, 0) is 4.79 Å². The number of benzene rings is 2. The van der Waals surface area contributed by atoms with Crippen LogP contribution in [0.5, 0.6) is 0 Å². The molecule has 104 valence electrons. The molecule has 0 fully saturated rings. The Balaban J connectivity index is 2.33. The van der Waals surface area contributed by atoms with Crippen molar-refractivity contribution in [3.8, 4) is 11.1 Å². The standard InChI is InChI=1S/C18H21NO/c1-4-18(2,3)17(20)19-16-13-9-8-12-15(16)14-10-6-5-7-11-14/h5-13H,4H2,1-3H3,(H,19,20). The number of hydrogen-bond donors (Lipinski definition) is 1. The highest BCUT2D eigenvalue weighted by molar-refractivity contribution is 5.98. The van der Waals surface area contributed by atoms with Crippen LogP contribution in [0.1, 0.15) is 27.2 Å². The Bertz CT molecular complexity index is 587. The van der Waals surface area contributed by atoms with Crippen LogP contribution in [0.4, 0.5) is 5.69 Å². The molecule has 0 aromatic heterocycles. The summed E-state index contributed by atoms with van der Waals surface area (Å²) in [4.78, 5) is 12.3. The molecule has 0 bridgehead atoms. The molecule has 0 aliphatic carbocycles. The minimum absolute atomic E-state index is 0.0587. The van der Waals surface area contributed by atoms with Gasteiger partial charge in [-0.25, -0.2) is 0 Å². The summed E-state index contributed by atoms with van der Waals surface area (Å²) < 4.78 is 0. The van der Waals surface area contributed by atoms with Gasteiger partial charge in [0.05, 0.1) is 0 Å². The molecular weight excluding hydrogens is 246 g/mol. The monoisotopic (exact) mass is 267 g/mol. The Morgan fingerprint density at radius 2 is 1.60 bits per heavy atom. The molecule has 2 rings (SSSR count). The quantitative estimate of drug-likeness (QED) is 0.852. The lowest BCUT2D eigenvalue weighted by atomic mass is 9.89. The summed E-state index contributed by atoms with van der Waals surface area (Å²) in [5.74, 6) is 0.0587. The van der Waals surface area contributed by atoms with Crippen molar-refractivity contribution in [2.75, 3.05) is 5.32 Å². The summed E-state index contributed by atoms with van der Waals surface area (Å²) in [5, 5.41) is 3.06. The minimum atomic E-state index is -0.357. The molecule has 2 nitrogen and oxygen atoms in total. The lowest BCUT2D eigenvalue weighted by molar-refractivity contribution is -0.124. The first-order valence-corrected chi connectivity index (χ1v) is 7.00. The Labute approximate surface area is 120 Å². The van der Waals surface area contributed by atoms with Gasteiger partial charge in [0.2, 0.25) is 5.91 Å². The average Bonchev–Trinajstić information content (AvgIpc) is 2.48. The maximum atomic E-state index is 12.3. The number of hydrogen-bond acceptors (Lipinski definition) is 1. The molecule has 0 aliphatic rings. The van der Waals surface area contributed by atoms with E-state index in [9.17, 15) is 4.79 Å². The lowest BCUT2D eigenvalue weighted by Gasteiger charge is -2.22. The fourth-order valence-corrected chi connectivity index (χ4v) is 1.91. The van der Waals surface area contributed by atoms with Crippen LogP contribution >= 0.6 is 0 Å². The minimum Gasteiger partial charge on any atom is -0.325 e. The van der Waals surface area contributed by atoms with E-state index in [2.05, 4.69) is 17.4 Å². The Morgan fingerprint density at radius 3 is 2.25 bits per heavy atom. The van der Waals surface area contributed by atoms with Crippen molar-refractivity contribution in [3.63, 3.8) is 0 Å². The highest BCUT2D eigenvalue weighted by Gasteiger charge is 2.25. The van der Waals surface area contributed by atoms with E-state index in [0.717, 1.165) is 23.2 Å². The number of carbonyl (C=O) groups excluding carboxylic acids is 1. The van der Waals surface area contributed by atoms with Crippen LogP contribution in [0.25, 0.3) is 11.1 Å². The fraction of sp³-hybridized carbons (Fsp3) is 0.278. The highest BCUT2D eigenvalue weighted by Crippen LogP contribution is 2.29. The maximum absolute atomic E-state index is 12.3. The van der Waals surface area contributed by atoms with Crippen LogP contribution in [0, 0.1) is 5.41 Å². The second-order valence-corrected chi connectivity index (χ2v) is 5.60. The van der Waals surface area contributed by atoms with Gasteiger partial charge < -0.3 is 5.32 Å². The van der Waals surface area contributed by atoms with E-state index in [0.29, 0.717) is 0 Å². The van der Waals surface area contributed by atoms with Crippen molar-refractivity contribution in [2.24, 2.45) is 5.41 Å². The summed E-state index contributed by atoms with van der Waals surface area (Å²) in [5.41, 5.74) is 2.67. The van der Waals surface area contributed by atoms with Gasteiger partial charge in [0, 0.05) is 16.7 Å². The number of amides is 1. The van der Waals surface area contributed by atoms with E-state index in [4.69, 9.17) is 0 Å². The van der Waals surface area contributed by atoms with Crippen molar-refractivity contribution < 1.29 is 4.79 Å². The third-order valence-corrected chi connectivity index (χ3v) is 3.76. The third kappa shape index (κ3) is 3.08. The van der Waals surface area contributed by atoms with Gasteiger partial charge in [-0.2, -0.15) is 0 Å². The molecule has 2 aromatic rings. The molecule has 0 heterocycles. The van der Waals surface area contributed by atoms with Gasteiger partial charge in [0.25, 0.3) is 0 Å². The number of carbonyl (C=O) groups is 1. The lowest BCUT2D eigenvalue weighted by Crippen LogP contribution is -2.30. The molecular formula is C18H21NO. The normalized spacial score (nSPS) is 11.2. The van der Waals surface area contributed by atoms with E-state index in [1.165, 1.54) is 0 Å². The number of para-hydroxylation sites is 1. The summed E-state index contributed by atoms with van der Waals surface area (Å²) in [6, 6.07) is 18.0. The predicted octanol–water partition coefficient (Wildman–Crippen LogP) is 4.73. The molecule has 0 spiro atoms. The van der Waals surface area contributed by atoms with Crippen LogP contribution in [-0.4, -0.2) is 5.91 Å². The van der Waals surface area contributed by atoms with Gasteiger partial charge in [-0.05, 0) is 18.1 Å². The van der Waals surface area contributed by atoms with Gasteiger partial charge in [0.15, 0.2) is 0 Å². The van der Waals surface area contributed by atoms with Crippen LogP contribution in [0.3, 0.4) is 0 Å². The van der Waals surface area contributed by atoms with E-state index in [1.807, 2.05) is 63.2 Å². The van der Waals surface area contributed by atoms with Crippen molar-refractivity contribution in [1.82, 2.24) is 0 Å². The van der Waals surface area contributed by atoms with Crippen molar-refractivity contribution >= 4 is 11.6 Å². The van der Waals surface area contributed by atoms with E-state index in [1.54, 1.807) is 0 Å². The molecule has 1 N–H and O–H groups in total. The second-order valence-electron chi connectivity index (χ2n) is 5.60. The number of rotatable bonds is 4. The molecule has 0 saturated carbocycles. The maximum Gasteiger partial charge on any atom is 0.230 e. The van der Waals surface area contributed by atoms with Gasteiger partial charge in [-0.15, -0.1) is 0 Å². The Hall–Kier alpha value is -2.09. The average molecular weight is 267 g/mol. The molecule has 2 aromatic carbocycles. The molecule has 0 aliphatic heterocycles. The SMILES string of the molecule is CCC(C)(C)C(=O)Nc1ccccc1-c1ccccc1. The van der Waals surface area contributed by atoms with Crippen molar-refractivity contribution in [1.29, 1.82) is 0 Å². The third-order valence-electron chi connectivity index (χ3n) is 3.76. The number of anilines is 1. The van der Waals surface area contributed by atoms with E-state index >= 15 is 0 Å². The predicted molar refractivity (Wildman–Crippen MR) is 84.6 cm³/mol. The van der Waals surface area contributed by atoms with Crippen molar-refractivity contribution in [3.05, 3.63) is 54.6 Å². The summed E-state index contributed by atoms with van der Waals surface area (Å²) in [6.07, 6.45) is 0.812. The highest BCUT2D eigenvalue weighted by atomic mass is 16.2. The van der Waals surface area contributed by atoms with Gasteiger partial charge in [-0.3, -0.25) is 4.79 Å². The van der Waals surface area contributed by atoms with Crippen molar-refractivity contribution in [2.45, 2.75) is 27.2 Å². The summed E-state index contributed by atoms with van der Waals surface area (Å²) in [7, 11) is 0. The molecule has 0 saturated heterocycles. The van der Waals surface area contributed by atoms with Crippen LogP contribution in [0.2, 0.25) is 0 Å². The first-order valence-electron chi connectivity index (χ1n) is 7.00. The molecule has 1 amide bonds.